The second-order valence-corrected chi connectivity index (χ2v) is 21.5. The van der Waals surface area contributed by atoms with Crippen LogP contribution in [-0.4, -0.2) is 16.1 Å². The molecule has 0 aromatic carbocycles. The van der Waals surface area contributed by atoms with Gasteiger partial charge >= 0.3 is 0 Å². The zero-order valence-electron chi connectivity index (χ0n) is 22.5. The van der Waals surface area contributed by atoms with Crippen molar-refractivity contribution in [3.8, 4) is 70.3 Å². The minimum atomic E-state index is -1.72. The predicted octanol–water partition coefficient (Wildman–Crippen LogP) is 7.44. The molecule has 0 saturated heterocycles. The molecule has 32 heavy (non-hydrogen) atoms. The standard InChI is InChI=1S/C30H42Si2/c1-25(2)31(26(3)4,27(5)6)23-21-19-17-15-13-14-16-18-20-22-24-32(28(7)8,29(9)10)30(11)12/h25-30H,1-12H3. The molecule has 0 N–H and O–H groups in total. The molecule has 0 aromatic rings. The van der Waals surface area contributed by atoms with Crippen LogP contribution in [0.25, 0.3) is 0 Å². The van der Waals surface area contributed by atoms with Gasteiger partial charge < -0.3 is 0 Å². The molecule has 0 aliphatic carbocycles. The zero-order chi connectivity index (χ0) is 24.9. The third kappa shape index (κ3) is 7.73. The molecule has 0 aliphatic heterocycles. The third-order valence-electron chi connectivity index (χ3n) is 6.85. The SMILES string of the molecule is CC(C)[Si](C#CC#CC#CC#CC#CC#C[Si](C(C)C)(C(C)C)C(C)C)(C(C)C)C(C)C. The van der Waals surface area contributed by atoms with Gasteiger partial charge in [-0.25, -0.2) is 0 Å². The van der Waals surface area contributed by atoms with E-state index in [2.05, 4.69) is 153 Å². The molecule has 0 spiro atoms. The van der Waals surface area contributed by atoms with Crippen molar-refractivity contribution in [3.63, 3.8) is 0 Å². The Morgan fingerprint density at radius 1 is 0.281 bits per heavy atom. The highest BCUT2D eigenvalue weighted by Gasteiger charge is 2.42. The predicted molar refractivity (Wildman–Crippen MR) is 149 cm³/mol. The molecule has 0 aliphatic rings. The topological polar surface area (TPSA) is 0 Å². The fraction of sp³-hybridized carbons (Fsp3) is 0.600. The third-order valence-corrected chi connectivity index (χ3v) is 19.4. The summed E-state index contributed by atoms with van der Waals surface area (Å²) in [5.41, 5.74) is 10.7. The van der Waals surface area contributed by atoms with E-state index in [4.69, 9.17) is 0 Å². The molecule has 0 fully saturated rings. The van der Waals surface area contributed by atoms with Crippen LogP contribution in [0.5, 0.6) is 0 Å². The Bertz CT molecular complexity index is 856. The lowest BCUT2D eigenvalue weighted by atomic mass is 10.5. The maximum absolute atomic E-state index is 3.57. The van der Waals surface area contributed by atoms with Gasteiger partial charge in [0, 0.05) is 0 Å². The first-order chi connectivity index (χ1) is 14.9. The van der Waals surface area contributed by atoms with Gasteiger partial charge in [-0.2, -0.15) is 0 Å². The van der Waals surface area contributed by atoms with Crippen molar-refractivity contribution < 1.29 is 0 Å². The molecule has 170 valence electrons. The first-order valence-corrected chi connectivity index (χ1v) is 16.4. The lowest BCUT2D eigenvalue weighted by Crippen LogP contribution is -2.43. The molecule has 0 bridgehead atoms. The summed E-state index contributed by atoms with van der Waals surface area (Å²) in [6.45, 7) is 27.6. The van der Waals surface area contributed by atoms with Crippen LogP contribution in [0.4, 0.5) is 0 Å². The molecule has 0 aromatic heterocycles. The van der Waals surface area contributed by atoms with Gasteiger partial charge in [0.25, 0.3) is 0 Å². The summed E-state index contributed by atoms with van der Waals surface area (Å²) < 4.78 is 0. The Morgan fingerprint density at radius 3 is 0.594 bits per heavy atom. The van der Waals surface area contributed by atoms with Crippen molar-refractivity contribution >= 4 is 16.1 Å². The summed E-state index contributed by atoms with van der Waals surface area (Å²) in [5.74, 6) is 28.5. The van der Waals surface area contributed by atoms with E-state index in [1.54, 1.807) is 0 Å². The maximum atomic E-state index is 3.57. The monoisotopic (exact) mass is 458 g/mol. The highest BCUT2D eigenvalue weighted by Crippen LogP contribution is 2.41. The number of hydrogen-bond acceptors (Lipinski definition) is 0. The summed E-state index contributed by atoms with van der Waals surface area (Å²) in [7, 11) is -3.45. The Hall–Kier alpha value is -2.21. The minimum Gasteiger partial charge on any atom is -0.116 e. The quantitative estimate of drug-likeness (QED) is 0.286. The summed E-state index contributed by atoms with van der Waals surface area (Å²) >= 11 is 0. The fourth-order valence-corrected chi connectivity index (χ4v) is 15.7. The van der Waals surface area contributed by atoms with E-state index >= 15 is 0 Å². The lowest BCUT2D eigenvalue weighted by molar-refractivity contribution is 0.838. The van der Waals surface area contributed by atoms with Crippen LogP contribution in [0.3, 0.4) is 0 Å². The van der Waals surface area contributed by atoms with Crippen LogP contribution < -0.4 is 0 Å². The van der Waals surface area contributed by atoms with Crippen molar-refractivity contribution in [2.24, 2.45) is 0 Å². The molecule has 0 radical (unpaired) electrons. The number of rotatable bonds is 6. The molecular weight excluding hydrogens is 417 g/mol. The van der Waals surface area contributed by atoms with Gasteiger partial charge in [-0.05, 0) is 92.5 Å². The molecule has 2 heteroatoms. The van der Waals surface area contributed by atoms with Crippen LogP contribution >= 0.6 is 0 Å². The second kappa shape index (κ2) is 14.0. The largest absolute Gasteiger partial charge is 0.147 e. The smallest absolute Gasteiger partial charge is 0.116 e. The highest BCUT2D eigenvalue weighted by atomic mass is 28.3. The van der Waals surface area contributed by atoms with Gasteiger partial charge in [0.2, 0.25) is 0 Å². The minimum absolute atomic E-state index is 0.602. The normalized spacial score (nSPS) is 10.7. The number of hydrogen-bond donors (Lipinski definition) is 0. The highest BCUT2D eigenvalue weighted by molar-refractivity contribution is 6.91. The fourth-order valence-electron chi connectivity index (χ4n) is 5.40. The molecule has 0 heterocycles. The van der Waals surface area contributed by atoms with Crippen molar-refractivity contribution in [2.75, 3.05) is 0 Å². The van der Waals surface area contributed by atoms with E-state index in [1.807, 2.05) is 0 Å². The van der Waals surface area contributed by atoms with E-state index in [0.29, 0.717) is 33.2 Å². The van der Waals surface area contributed by atoms with E-state index in [9.17, 15) is 0 Å². The van der Waals surface area contributed by atoms with Crippen LogP contribution in [-0.2, 0) is 0 Å². The van der Waals surface area contributed by atoms with E-state index < -0.39 is 16.1 Å². The summed E-state index contributed by atoms with van der Waals surface area (Å²) in [4.78, 5) is 0. The zero-order valence-corrected chi connectivity index (χ0v) is 24.5. The van der Waals surface area contributed by atoms with Crippen LogP contribution in [0.1, 0.15) is 83.1 Å². The van der Waals surface area contributed by atoms with Crippen molar-refractivity contribution in [2.45, 2.75) is 116 Å². The molecule has 0 rings (SSSR count). The van der Waals surface area contributed by atoms with Gasteiger partial charge in [0.1, 0.15) is 16.1 Å². The van der Waals surface area contributed by atoms with E-state index in [1.165, 1.54) is 0 Å². The van der Waals surface area contributed by atoms with Gasteiger partial charge in [0.05, 0.1) is 0 Å². The summed E-state index contributed by atoms with van der Waals surface area (Å²) in [5, 5.41) is 0. The molecule has 0 unspecified atom stereocenters. The summed E-state index contributed by atoms with van der Waals surface area (Å²) in [6.07, 6.45) is 0. The van der Waals surface area contributed by atoms with E-state index in [-0.39, 0.29) is 0 Å². The van der Waals surface area contributed by atoms with Gasteiger partial charge in [-0.1, -0.05) is 83.1 Å². The van der Waals surface area contributed by atoms with Crippen LogP contribution in [0.2, 0.25) is 33.2 Å². The van der Waals surface area contributed by atoms with Crippen LogP contribution in [0.15, 0.2) is 0 Å². The molecule has 0 saturated carbocycles. The van der Waals surface area contributed by atoms with Gasteiger partial charge in [-0.15, -0.1) is 11.1 Å². The van der Waals surface area contributed by atoms with Crippen molar-refractivity contribution in [3.05, 3.63) is 0 Å². The average Bonchev–Trinajstić information content (AvgIpc) is 2.66. The Kier molecular flexibility index (Phi) is 13.1. The lowest BCUT2D eigenvalue weighted by Gasteiger charge is -2.37. The first kappa shape index (κ1) is 29.8. The second-order valence-electron chi connectivity index (χ2n) is 10.3. The van der Waals surface area contributed by atoms with Crippen molar-refractivity contribution in [1.82, 2.24) is 0 Å². The van der Waals surface area contributed by atoms with Gasteiger partial charge in [0.15, 0.2) is 0 Å². The Balaban J connectivity index is 5.37. The van der Waals surface area contributed by atoms with Crippen LogP contribution in [0, 0.1) is 70.3 Å². The Labute approximate surface area is 202 Å². The molecular formula is C30H42Si2. The maximum Gasteiger partial charge on any atom is 0.147 e. The van der Waals surface area contributed by atoms with Gasteiger partial charge in [-0.3, -0.25) is 0 Å². The summed E-state index contributed by atoms with van der Waals surface area (Å²) in [6, 6.07) is 0. The van der Waals surface area contributed by atoms with E-state index in [0.717, 1.165) is 0 Å². The molecule has 0 amide bonds. The molecule has 0 nitrogen and oxygen atoms in total. The van der Waals surface area contributed by atoms with Crippen molar-refractivity contribution in [1.29, 1.82) is 0 Å². The first-order valence-electron chi connectivity index (χ1n) is 11.9. The molecule has 0 atom stereocenters. The average molecular weight is 459 g/mol. The Morgan fingerprint density at radius 2 is 0.438 bits per heavy atom.